The van der Waals surface area contributed by atoms with Gasteiger partial charge >= 0.3 is 6.09 Å². The molecule has 2 unspecified atom stereocenters. The van der Waals surface area contributed by atoms with Crippen molar-refractivity contribution in [2.24, 2.45) is 0 Å². The van der Waals surface area contributed by atoms with Crippen molar-refractivity contribution in [3.8, 4) is 0 Å². The number of alkyl halides is 1. The van der Waals surface area contributed by atoms with Gasteiger partial charge in [0.25, 0.3) is 0 Å². The Kier molecular flexibility index (Phi) is 6.54. The van der Waals surface area contributed by atoms with Gasteiger partial charge in [-0.05, 0) is 53.6 Å². The van der Waals surface area contributed by atoms with Crippen LogP contribution >= 0.6 is 11.6 Å². The van der Waals surface area contributed by atoms with Gasteiger partial charge in [0.2, 0.25) is 0 Å². The molecule has 33 heavy (non-hydrogen) atoms. The van der Waals surface area contributed by atoms with Crippen LogP contribution in [-0.2, 0) is 4.74 Å². The third kappa shape index (κ3) is 4.58. The van der Waals surface area contributed by atoms with Gasteiger partial charge in [0.15, 0.2) is 0 Å². The topological polar surface area (TPSA) is 41.6 Å². The number of amides is 1. The molecular weight excluding hydrogens is 432 g/mol. The van der Waals surface area contributed by atoms with Crippen LogP contribution in [0.15, 0.2) is 72.8 Å². The SMILES string of the molecule is O=C(Nc1cc2c3c(c1)C(c1ccccc1)CCN3CCC2c1ccccc1)OCCCCl. The summed E-state index contributed by atoms with van der Waals surface area (Å²) in [7, 11) is 0. The van der Waals surface area contributed by atoms with E-state index in [9.17, 15) is 4.79 Å². The third-order valence-corrected chi connectivity index (χ3v) is 7.04. The van der Waals surface area contributed by atoms with Gasteiger partial charge in [-0.1, -0.05) is 60.7 Å². The van der Waals surface area contributed by atoms with Crippen LogP contribution < -0.4 is 10.2 Å². The van der Waals surface area contributed by atoms with E-state index in [2.05, 4.69) is 83.0 Å². The summed E-state index contributed by atoms with van der Waals surface area (Å²) < 4.78 is 5.32. The molecule has 5 heteroatoms. The van der Waals surface area contributed by atoms with Crippen molar-refractivity contribution >= 4 is 29.1 Å². The second-order valence-electron chi connectivity index (χ2n) is 8.80. The summed E-state index contributed by atoms with van der Waals surface area (Å²) >= 11 is 5.72. The van der Waals surface area contributed by atoms with Gasteiger partial charge in [-0.3, -0.25) is 5.32 Å². The van der Waals surface area contributed by atoms with Crippen molar-refractivity contribution in [3.63, 3.8) is 0 Å². The zero-order valence-electron chi connectivity index (χ0n) is 18.7. The summed E-state index contributed by atoms with van der Waals surface area (Å²) in [6.45, 7) is 2.42. The highest BCUT2D eigenvalue weighted by Gasteiger charge is 2.35. The Hall–Kier alpha value is -2.98. The standard InChI is InChI=1S/C28H29ClN2O2/c29-14-7-17-33-28(32)30-22-18-25-23(20-8-3-1-4-9-20)12-15-31-16-13-24(26(19-22)27(25)31)21-10-5-2-6-11-21/h1-6,8-11,18-19,23-24H,7,12-17H2,(H,30,32). The van der Waals surface area contributed by atoms with Crippen molar-refractivity contribution in [3.05, 3.63) is 95.1 Å². The molecule has 0 radical (unpaired) electrons. The molecule has 1 N–H and O–H groups in total. The Bertz CT molecular complexity index is 1030. The summed E-state index contributed by atoms with van der Waals surface area (Å²) in [4.78, 5) is 15.0. The van der Waals surface area contributed by atoms with E-state index in [0.29, 0.717) is 30.7 Å². The molecule has 3 aromatic carbocycles. The van der Waals surface area contributed by atoms with E-state index in [1.807, 2.05) is 0 Å². The van der Waals surface area contributed by atoms with E-state index in [0.717, 1.165) is 31.6 Å². The van der Waals surface area contributed by atoms with Crippen LogP contribution in [0.25, 0.3) is 0 Å². The molecule has 0 fully saturated rings. The summed E-state index contributed by atoms with van der Waals surface area (Å²) in [5.74, 6) is 1.09. The number of carbonyl (C=O) groups is 1. The van der Waals surface area contributed by atoms with E-state index in [-0.39, 0.29) is 0 Å². The monoisotopic (exact) mass is 460 g/mol. The van der Waals surface area contributed by atoms with Crippen LogP contribution in [0.4, 0.5) is 16.2 Å². The highest BCUT2D eigenvalue weighted by atomic mass is 35.5. The van der Waals surface area contributed by atoms with Gasteiger partial charge < -0.3 is 9.64 Å². The molecule has 2 aliphatic rings. The Morgan fingerprint density at radius 1 is 0.909 bits per heavy atom. The van der Waals surface area contributed by atoms with Crippen LogP contribution in [0.5, 0.6) is 0 Å². The van der Waals surface area contributed by atoms with E-state index in [1.165, 1.54) is 27.9 Å². The van der Waals surface area contributed by atoms with Crippen molar-refractivity contribution < 1.29 is 9.53 Å². The molecule has 5 rings (SSSR count). The van der Waals surface area contributed by atoms with Crippen molar-refractivity contribution in [1.29, 1.82) is 0 Å². The van der Waals surface area contributed by atoms with E-state index in [1.54, 1.807) is 0 Å². The van der Waals surface area contributed by atoms with Crippen LogP contribution in [0.3, 0.4) is 0 Å². The first-order valence-corrected chi connectivity index (χ1v) is 12.3. The van der Waals surface area contributed by atoms with Crippen molar-refractivity contribution in [2.45, 2.75) is 31.1 Å². The molecule has 0 spiro atoms. The first-order valence-electron chi connectivity index (χ1n) is 11.8. The fourth-order valence-corrected chi connectivity index (χ4v) is 5.41. The number of hydrogen-bond acceptors (Lipinski definition) is 3. The Balaban J connectivity index is 1.58. The normalized spacial score (nSPS) is 19.0. The lowest BCUT2D eigenvalue weighted by Crippen LogP contribution is -2.37. The summed E-state index contributed by atoms with van der Waals surface area (Å²) in [5.41, 5.74) is 7.37. The Labute approximate surface area is 200 Å². The summed E-state index contributed by atoms with van der Waals surface area (Å²) in [5, 5.41) is 2.99. The quantitative estimate of drug-likeness (QED) is 0.327. The fraction of sp³-hybridized carbons (Fsp3) is 0.321. The minimum atomic E-state index is -0.428. The number of carbonyl (C=O) groups excluding carboxylic acids is 1. The Morgan fingerprint density at radius 2 is 1.45 bits per heavy atom. The van der Waals surface area contributed by atoms with Crippen LogP contribution in [0.2, 0.25) is 0 Å². The summed E-state index contributed by atoms with van der Waals surface area (Å²) in [6, 6.07) is 25.7. The average molecular weight is 461 g/mol. The van der Waals surface area contributed by atoms with Crippen molar-refractivity contribution in [1.82, 2.24) is 0 Å². The molecule has 0 saturated carbocycles. The number of nitrogens with zero attached hydrogens (tertiary/aromatic N) is 1. The highest BCUT2D eigenvalue weighted by molar-refractivity contribution is 6.17. The number of benzene rings is 3. The molecule has 0 aromatic heterocycles. The maximum Gasteiger partial charge on any atom is 0.411 e. The smallest absolute Gasteiger partial charge is 0.411 e. The number of nitrogens with one attached hydrogen (secondary N) is 1. The summed E-state index contributed by atoms with van der Waals surface area (Å²) in [6.07, 6.45) is 2.35. The van der Waals surface area contributed by atoms with Crippen molar-refractivity contribution in [2.75, 3.05) is 35.8 Å². The van der Waals surface area contributed by atoms with Gasteiger partial charge in [0.05, 0.1) is 6.61 Å². The minimum Gasteiger partial charge on any atom is -0.449 e. The zero-order valence-corrected chi connectivity index (χ0v) is 19.4. The molecular formula is C28H29ClN2O2. The average Bonchev–Trinajstić information content (AvgIpc) is 2.85. The lowest BCUT2D eigenvalue weighted by Gasteiger charge is -2.43. The maximum absolute atomic E-state index is 12.4. The maximum atomic E-state index is 12.4. The third-order valence-electron chi connectivity index (χ3n) is 6.77. The largest absolute Gasteiger partial charge is 0.449 e. The fourth-order valence-electron chi connectivity index (χ4n) is 5.30. The minimum absolute atomic E-state index is 0.305. The zero-order chi connectivity index (χ0) is 22.6. The van der Waals surface area contributed by atoms with Gasteiger partial charge in [0.1, 0.15) is 0 Å². The lowest BCUT2D eigenvalue weighted by atomic mass is 9.76. The highest BCUT2D eigenvalue weighted by Crippen LogP contribution is 2.49. The van der Waals surface area contributed by atoms with Crippen LogP contribution in [0, 0.1) is 0 Å². The molecule has 2 atom stereocenters. The predicted octanol–water partition coefficient (Wildman–Crippen LogP) is 6.74. The predicted molar refractivity (Wildman–Crippen MR) is 135 cm³/mol. The molecule has 1 amide bonds. The number of ether oxygens (including phenoxy) is 1. The Morgan fingerprint density at radius 3 is 1.97 bits per heavy atom. The molecule has 4 nitrogen and oxygen atoms in total. The number of rotatable bonds is 6. The van der Waals surface area contributed by atoms with E-state index in [4.69, 9.17) is 16.3 Å². The molecule has 0 saturated heterocycles. The van der Waals surface area contributed by atoms with Gasteiger partial charge in [-0.25, -0.2) is 4.79 Å². The molecule has 2 aliphatic heterocycles. The van der Waals surface area contributed by atoms with Gasteiger partial charge in [0, 0.05) is 42.2 Å². The number of hydrogen-bond donors (Lipinski definition) is 1. The molecule has 2 heterocycles. The number of anilines is 2. The molecule has 170 valence electrons. The lowest BCUT2D eigenvalue weighted by molar-refractivity contribution is 0.162. The first-order chi connectivity index (χ1) is 16.2. The van der Waals surface area contributed by atoms with Crippen LogP contribution in [-0.4, -0.2) is 31.7 Å². The molecule has 0 bridgehead atoms. The van der Waals surface area contributed by atoms with Gasteiger partial charge in [-0.2, -0.15) is 0 Å². The molecule has 0 aliphatic carbocycles. The second-order valence-corrected chi connectivity index (χ2v) is 9.18. The first kappa shape index (κ1) is 21.8. The van der Waals surface area contributed by atoms with Gasteiger partial charge in [-0.15, -0.1) is 11.6 Å². The van der Waals surface area contributed by atoms with Crippen LogP contribution in [0.1, 0.15) is 53.4 Å². The second kappa shape index (κ2) is 9.88. The van der Waals surface area contributed by atoms with E-state index < -0.39 is 6.09 Å². The number of halogens is 1. The molecule has 3 aromatic rings. The van der Waals surface area contributed by atoms with E-state index >= 15 is 0 Å².